The average molecular weight is 405 g/mol. The van der Waals surface area contributed by atoms with Crippen molar-refractivity contribution in [2.75, 3.05) is 12.4 Å². The van der Waals surface area contributed by atoms with E-state index in [2.05, 4.69) is 32.6 Å². The Kier molecular flexibility index (Phi) is 5.36. The third-order valence-electron chi connectivity index (χ3n) is 2.65. The van der Waals surface area contributed by atoms with Gasteiger partial charge in [-0.1, -0.05) is 0 Å². The third-order valence-corrected chi connectivity index (χ3v) is 4.63. The molecule has 0 fully saturated rings. The second-order valence-corrected chi connectivity index (χ2v) is 6.51. The van der Waals surface area contributed by atoms with E-state index in [0.717, 1.165) is 19.0 Å². The Morgan fingerprint density at radius 1 is 1.35 bits per heavy atom. The van der Waals surface area contributed by atoms with Crippen LogP contribution in [0, 0.1) is 9.39 Å². The summed E-state index contributed by atoms with van der Waals surface area (Å²) in [7, 11) is 1.38. The van der Waals surface area contributed by atoms with E-state index in [1.807, 2.05) is 12.1 Å². The highest BCUT2D eigenvalue weighted by Crippen LogP contribution is 2.22. The summed E-state index contributed by atoms with van der Waals surface area (Å²) in [6, 6.07) is 8.54. The second kappa shape index (κ2) is 7.03. The van der Waals surface area contributed by atoms with E-state index in [-0.39, 0.29) is 11.8 Å². The Hall–Kier alpha value is -1.15. The lowest BCUT2D eigenvalue weighted by atomic mass is 10.3. The van der Waals surface area contributed by atoms with E-state index in [1.54, 1.807) is 17.4 Å². The molecule has 106 valence electrons. The molecule has 0 aliphatic rings. The smallest absolute Gasteiger partial charge is 0.310 e. The Morgan fingerprint density at radius 3 is 2.80 bits per heavy atom. The molecule has 1 aromatic heterocycles. The lowest BCUT2D eigenvalue weighted by molar-refractivity contribution is -0.139. The van der Waals surface area contributed by atoms with Crippen LogP contribution < -0.4 is 5.32 Å². The number of hydrogen-bond acceptors (Lipinski definition) is 4. The van der Waals surface area contributed by atoms with Crippen LogP contribution in [0.25, 0.3) is 0 Å². The summed E-state index contributed by atoms with van der Waals surface area (Å²) < 4.78 is 18.5. The third kappa shape index (κ3) is 4.17. The van der Waals surface area contributed by atoms with Crippen LogP contribution in [0.15, 0.2) is 30.3 Å². The van der Waals surface area contributed by atoms with Crippen molar-refractivity contribution < 1.29 is 13.9 Å². The quantitative estimate of drug-likeness (QED) is 0.607. The molecule has 0 amide bonds. The van der Waals surface area contributed by atoms with Gasteiger partial charge in [-0.2, -0.15) is 0 Å². The van der Waals surface area contributed by atoms with Crippen molar-refractivity contribution >= 4 is 45.6 Å². The van der Waals surface area contributed by atoms with Gasteiger partial charge < -0.3 is 10.1 Å². The molecule has 1 heterocycles. The van der Waals surface area contributed by atoms with E-state index in [9.17, 15) is 9.18 Å². The number of thiophene rings is 1. The van der Waals surface area contributed by atoms with Crippen LogP contribution in [0.1, 0.15) is 9.75 Å². The minimum atomic E-state index is -0.239. The van der Waals surface area contributed by atoms with Crippen molar-refractivity contribution in [1.29, 1.82) is 0 Å². The van der Waals surface area contributed by atoms with Gasteiger partial charge in [0.15, 0.2) is 0 Å². The van der Waals surface area contributed by atoms with Crippen LogP contribution in [-0.2, 0) is 22.5 Å². The van der Waals surface area contributed by atoms with Crippen molar-refractivity contribution in [1.82, 2.24) is 0 Å². The maximum absolute atomic E-state index is 13.0. The maximum Gasteiger partial charge on any atom is 0.310 e. The van der Waals surface area contributed by atoms with Gasteiger partial charge in [0, 0.05) is 25.6 Å². The first-order chi connectivity index (χ1) is 9.58. The molecule has 2 aromatic rings. The first kappa shape index (κ1) is 15.2. The summed E-state index contributed by atoms with van der Waals surface area (Å²) in [4.78, 5) is 13.3. The summed E-state index contributed by atoms with van der Waals surface area (Å²) >= 11 is 3.66. The van der Waals surface area contributed by atoms with E-state index in [4.69, 9.17) is 0 Å². The van der Waals surface area contributed by atoms with Crippen molar-refractivity contribution in [2.24, 2.45) is 0 Å². The van der Waals surface area contributed by atoms with Gasteiger partial charge in [-0.3, -0.25) is 4.79 Å². The zero-order valence-corrected chi connectivity index (χ0v) is 13.8. The Morgan fingerprint density at radius 2 is 2.10 bits per heavy atom. The first-order valence-electron chi connectivity index (χ1n) is 5.92. The highest BCUT2D eigenvalue weighted by atomic mass is 127. The zero-order valence-electron chi connectivity index (χ0n) is 10.8. The molecule has 20 heavy (non-hydrogen) atoms. The minimum Gasteiger partial charge on any atom is -0.469 e. The van der Waals surface area contributed by atoms with Gasteiger partial charge >= 0.3 is 5.97 Å². The normalized spacial score (nSPS) is 10.3. The molecule has 0 saturated carbocycles. The summed E-state index contributed by atoms with van der Waals surface area (Å²) in [6.45, 7) is 0.646. The Bertz CT molecular complexity index is 615. The fraction of sp³-hybridized carbons (Fsp3) is 0.214. The van der Waals surface area contributed by atoms with Gasteiger partial charge in [-0.25, -0.2) is 4.39 Å². The molecule has 0 unspecified atom stereocenters. The monoisotopic (exact) mass is 405 g/mol. The number of methoxy groups -OCH3 is 1. The highest BCUT2D eigenvalue weighted by molar-refractivity contribution is 14.1. The molecule has 3 nitrogen and oxygen atoms in total. The molecule has 0 atom stereocenters. The number of halogens is 2. The van der Waals surface area contributed by atoms with E-state index in [0.29, 0.717) is 13.0 Å². The molecule has 1 aromatic carbocycles. The molecule has 1 N–H and O–H groups in total. The molecule has 6 heteroatoms. The van der Waals surface area contributed by atoms with Crippen LogP contribution in [0.3, 0.4) is 0 Å². The maximum atomic E-state index is 13.0. The lowest BCUT2D eigenvalue weighted by Gasteiger charge is -2.07. The Balaban J connectivity index is 1.95. The SMILES string of the molecule is COC(=O)Cc1ccc(CNc2ccc(F)cc2I)s1. The largest absolute Gasteiger partial charge is 0.469 e. The number of carbonyl (C=O) groups is 1. The number of nitrogens with one attached hydrogen (secondary N) is 1. The predicted octanol–water partition coefficient (Wildman–Crippen LogP) is 3.82. The number of esters is 1. The predicted molar refractivity (Wildman–Crippen MR) is 86.5 cm³/mol. The van der Waals surface area contributed by atoms with Gasteiger partial charge in [0.25, 0.3) is 0 Å². The van der Waals surface area contributed by atoms with Crippen molar-refractivity contribution in [3.63, 3.8) is 0 Å². The zero-order chi connectivity index (χ0) is 14.5. The van der Waals surface area contributed by atoms with Gasteiger partial charge in [-0.05, 0) is 52.9 Å². The summed E-state index contributed by atoms with van der Waals surface area (Å²) in [5, 5.41) is 3.26. The van der Waals surface area contributed by atoms with Crippen molar-refractivity contribution in [3.05, 3.63) is 49.5 Å². The standard InChI is InChI=1S/C14H13FINO2S/c1-19-14(18)7-10-3-4-11(20-10)8-17-13-5-2-9(15)6-12(13)16/h2-6,17H,7-8H2,1H3. The number of benzene rings is 1. The molecule has 0 aliphatic heterocycles. The van der Waals surface area contributed by atoms with E-state index >= 15 is 0 Å². The molecule has 0 radical (unpaired) electrons. The molecule has 2 rings (SSSR count). The van der Waals surface area contributed by atoms with Gasteiger partial charge in [0.2, 0.25) is 0 Å². The van der Waals surface area contributed by atoms with Gasteiger partial charge in [0.1, 0.15) is 5.82 Å². The summed E-state index contributed by atoms with van der Waals surface area (Å²) in [5.74, 6) is -0.476. The van der Waals surface area contributed by atoms with Crippen molar-refractivity contribution in [3.8, 4) is 0 Å². The summed E-state index contributed by atoms with van der Waals surface area (Å²) in [6.07, 6.45) is 0.301. The van der Waals surface area contributed by atoms with Crippen LogP contribution in [0.2, 0.25) is 0 Å². The topological polar surface area (TPSA) is 38.3 Å². The van der Waals surface area contributed by atoms with E-state index < -0.39 is 0 Å². The first-order valence-corrected chi connectivity index (χ1v) is 7.81. The number of ether oxygens (including phenoxy) is 1. The number of carbonyl (C=O) groups excluding carboxylic acids is 1. The fourth-order valence-corrected chi connectivity index (χ4v) is 3.25. The van der Waals surface area contributed by atoms with Crippen molar-refractivity contribution in [2.45, 2.75) is 13.0 Å². The fourth-order valence-electron chi connectivity index (χ4n) is 1.64. The van der Waals surface area contributed by atoms with Crippen LogP contribution in [0.5, 0.6) is 0 Å². The number of hydrogen-bond donors (Lipinski definition) is 1. The van der Waals surface area contributed by atoms with Gasteiger partial charge in [-0.15, -0.1) is 11.3 Å². The highest BCUT2D eigenvalue weighted by Gasteiger charge is 2.07. The van der Waals surface area contributed by atoms with Crippen LogP contribution in [0.4, 0.5) is 10.1 Å². The van der Waals surface area contributed by atoms with Crippen LogP contribution >= 0.6 is 33.9 Å². The van der Waals surface area contributed by atoms with Crippen LogP contribution in [-0.4, -0.2) is 13.1 Å². The lowest BCUT2D eigenvalue weighted by Crippen LogP contribution is -2.02. The molecule has 0 bridgehead atoms. The van der Waals surface area contributed by atoms with Gasteiger partial charge in [0.05, 0.1) is 13.5 Å². The minimum absolute atomic E-state index is 0.237. The second-order valence-electron chi connectivity index (χ2n) is 4.10. The molecule has 0 saturated heterocycles. The number of rotatable bonds is 5. The number of anilines is 1. The molecular weight excluding hydrogens is 392 g/mol. The summed E-state index contributed by atoms with van der Waals surface area (Å²) in [5.41, 5.74) is 0.898. The molecule has 0 aliphatic carbocycles. The van der Waals surface area contributed by atoms with E-state index in [1.165, 1.54) is 19.2 Å². The molecular formula is C14H13FINO2S. The molecule has 0 spiro atoms. The average Bonchev–Trinajstić information content (AvgIpc) is 2.85. The Labute approximate surface area is 134 Å².